The van der Waals surface area contributed by atoms with E-state index >= 15 is 0 Å². The molecule has 2 aromatic heterocycles. The van der Waals surface area contributed by atoms with Gasteiger partial charge < -0.3 is 10.6 Å². The van der Waals surface area contributed by atoms with E-state index in [-0.39, 0.29) is 11.7 Å². The van der Waals surface area contributed by atoms with Crippen LogP contribution in [0.4, 0.5) is 15.8 Å². The maximum atomic E-state index is 12.9. The minimum absolute atomic E-state index is 0.262. The van der Waals surface area contributed by atoms with Gasteiger partial charge in [-0.1, -0.05) is 0 Å². The van der Waals surface area contributed by atoms with Crippen LogP contribution in [0.25, 0.3) is 10.2 Å². The quantitative estimate of drug-likeness (QED) is 0.790. The molecule has 0 fully saturated rings. The number of fused-ring (bicyclic) bond motifs is 1. The summed E-state index contributed by atoms with van der Waals surface area (Å²) in [5.41, 5.74) is 6.99. The molecule has 106 valence electrons. The number of aromatic nitrogens is 2. The Kier molecular flexibility index (Phi) is 3.26. The highest BCUT2D eigenvalue weighted by Gasteiger charge is 2.21. The van der Waals surface area contributed by atoms with Crippen molar-refractivity contribution in [2.24, 2.45) is 0 Å². The molecule has 0 unspecified atom stereocenters. The van der Waals surface area contributed by atoms with Crippen molar-refractivity contribution in [3.63, 3.8) is 0 Å². The zero-order valence-electron chi connectivity index (χ0n) is 11.1. The summed E-state index contributed by atoms with van der Waals surface area (Å²) >= 11 is 1.19. The molecule has 0 aliphatic carbocycles. The van der Waals surface area contributed by atoms with Crippen LogP contribution in [-0.4, -0.2) is 23.2 Å². The molecule has 5 nitrogen and oxygen atoms in total. The van der Waals surface area contributed by atoms with E-state index in [0.717, 1.165) is 0 Å². The third-order valence-electron chi connectivity index (χ3n) is 3.13. The summed E-state index contributed by atoms with van der Waals surface area (Å²) < 4.78 is 12.9. The van der Waals surface area contributed by atoms with Crippen molar-refractivity contribution in [2.75, 3.05) is 17.7 Å². The van der Waals surface area contributed by atoms with Crippen molar-refractivity contribution in [3.05, 3.63) is 47.2 Å². The number of nitrogens with two attached hydrogens (primary N) is 1. The van der Waals surface area contributed by atoms with Gasteiger partial charge in [0.2, 0.25) is 0 Å². The Morgan fingerprint density at radius 1 is 1.29 bits per heavy atom. The van der Waals surface area contributed by atoms with E-state index in [2.05, 4.69) is 10.2 Å². The Labute approximate surface area is 123 Å². The van der Waals surface area contributed by atoms with Crippen molar-refractivity contribution in [2.45, 2.75) is 0 Å². The number of carbonyl (C=O) groups is 1. The number of thiophene rings is 1. The lowest BCUT2D eigenvalue weighted by Gasteiger charge is -2.16. The first-order valence-corrected chi connectivity index (χ1v) is 6.93. The highest BCUT2D eigenvalue weighted by Crippen LogP contribution is 2.33. The van der Waals surface area contributed by atoms with Gasteiger partial charge in [0.1, 0.15) is 15.5 Å². The van der Waals surface area contributed by atoms with Gasteiger partial charge in [-0.3, -0.25) is 4.79 Å². The van der Waals surface area contributed by atoms with E-state index in [1.165, 1.54) is 46.7 Å². The lowest BCUT2D eigenvalue weighted by Crippen LogP contribution is -2.26. The van der Waals surface area contributed by atoms with Crippen LogP contribution in [0.3, 0.4) is 0 Å². The molecule has 0 bridgehead atoms. The first kappa shape index (κ1) is 13.4. The molecular weight excluding hydrogens is 291 g/mol. The maximum absolute atomic E-state index is 12.9. The predicted molar refractivity (Wildman–Crippen MR) is 81.0 cm³/mol. The summed E-state index contributed by atoms with van der Waals surface area (Å²) in [6, 6.07) is 7.41. The zero-order chi connectivity index (χ0) is 15.0. The number of hydrogen-bond acceptors (Lipinski definition) is 5. The number of halogens is 1. The Morgan fingerprint density at radius 3 is 2.67 bits per heavy atom. The summed E-state index contributed by atoms with van der Waals surface area (Å²) in [6.07, 6.45) is 1.53. The molecule has 3 aromatic rings. The fourth-order valence-electron chi connectivity index (χ4n) is 1.97. The molecule has 0 saturated carbocycles. The number of nitrogens with zero attached hydrogens (tertiary/aromatic N) is 3. The Bertz CT molecular complexity index is 815. The second-order valence-corrected chi connectivity index (χ2v) is 5.43. The van der Waals surface area contributed by atoms with Gasteiger partial charge in [0.25, 0.3) is 5.91 Å². The van der Waals surface area contributed by atoms with E-state index in [1.54, 1.807) is 13.1 Å². The normalized spacial score (nSPS) is 10.8. The Hall–Kier alpha value is -2.54. The van der Waals surface area contributed by atoms with Crippen LogP contribution < -0.4 is 10.6 Å². The molecule has 0 aliphatic rings. The molecule has 3 rings (SSSR count). The third kappa shape index (κ3) is 2.31. The molecular formula is C14H11FN4OS. The van der Waals surface area contributed by atoms with Crippen molar-refractivity contribution in [1.82, 2.24) is 10.2 Å². The van der Waals surface area contributed by atoms with Gasteiger partial charge in [0.15, 0.2) is 0 Å². The second-order valence-electron chi connectivity index (χ2n) is 4.44. The number of rotatable bonds is 2. The largest absolute Gasteiger partial charge is 0.397 e. The van der Waals surface area contributed by atoms with Crippen molar-refractivity contribution in [3.8, 4) is 0 Å². The van der Waals surface area contributed by atoms with Crippen LogP contribution in [-0.2, 0) is 0 Å². The minimum Gasteiger partial charge on any atom is -0.397 e. The fraction of sp³-hybridized carbons (Fsp3) is 0.0714. The average Bonchev–Trinajstić information content (AvgIpc) is 2.84. The molecule has 21 heavy (non-hydrogen) atoms. The number of nitrogen functional groups attached to an aromatic ring is 1. The second kappa shape index (κ2) is 5.10. The van der Waals surface area contributed by atoms with E-state index in [9.17, 15) is 9.18 Å². The number of hydrogen-bond donors (Lipinski definition) is 1. The topological polar surface area (TPSA) is 72.1 Å². The lowest BCUT2D eigenvalue weighted by atomic mass is 10.2. The minimum atomic E-state index is -0.351. The van der Waals surface area contributed by atoms with Gasteiger partial charge in [-0.2, -0.15) is 5.10 Å². The van der Waals surface area contributed by atoms with E-state index in [4.69, 9.17) is 5.73 Å². The molecule has 0 spiro atoms. The molecule has 2 heterocycles. The summed E-state index contributed by atoms with van der Waals surface area (Å²) in [7, 11) is 1.62. The van der Waals surface area contributed by atoms with E-state index < -0.39 is 0 Å². The molecule has 7 heteroatoms. The number of benzene rings is 1. The van der Waals surface area contributed by atoms with Crippen molar-refractivity contribution >= 4 is 38.8 Å². The van der Waals surface area contributed by atoms with Crippen LogP contribution in [0.15, 0.2) is 36.5 Å². The Morgan fingerprint density at radius 2 is 2.00 bits per heavy atom. The Balaban J connectivity index is 2.00. The van der Waals surface area contributed by atoms with Crippen LogP contribution in [0.1, 0.15) is 9.67 Å². The lowest BCUT2D eigenvalue weighted by molar-refractivity contribution is 0.0997. The third-order valence-corrected chi connectivity index (χ3v) is 4.23. The summed E-state index contributed by atoms with van der Waals surface area (Å²) in [4.78, 5) is 15.0. The number of amides is 1. The van der Waals surface area contributed by atoms with Gasteiger partial charge in [0, 0.05) is 18.1 Å². The highest BCUT2D eigenvalue weighted by atomic mass is 32.1. The van der Waals surface area contributed by atoms with Gasteiger partial charge >= 0.3 is 0 Å². The van der Waals surface area contributed by atoms with E-state index in [1.807, 2.05) is 0 Å². The molecule has 1 aromatic carbocycles. The van der Waals surface area contributed by atoms with Gasteiger partial charge in [0.05, 0.1) is 11.9 Å². The monoisotopic (exact) mass is 302 g/mol. The predicted octanol–water partition coefficient (Wildman–Crippen LogP) is 2.69. The zero-order valence-corrected chi connectivity index (χ0v) is 11.9. The van der Waals surface area contributed by atoms with Gasteiger partial charge in [-0.25, -0.2) is 4.39 Å². The summed E-state index contributed by atoms with van der Waals surface area (Å²) in [5, 5.41) is 8.45. The maximum Gasteiger partial charge on any atom is 0.270 e. The first-order chi connectivity index (χ1) is 10.1. The number of anilines is 2. The average molecular weight is 302 g/mol. The molecule has 0 radical (unpaired) electrons. The fourth-order valence-corrected chi connectivity index (χ4v) is 2.98. The van der Waals surface area contributed by atoms with Crippen molar-refractivity contribution in [1.29, 1.82) is 0 Å². The van der Waals surface area contributed by atoms with Crippen LogP contribution in [0.5, 0.6) is 0 Å². The SMILES string of the molecule is CN(C(=O)c1sc2nnccc2c1N)c1ccc(F)cc1. The molecule has 0 aliphatic heterocycles. The summed E-state index contributed by atoms with van der Waals surface area (Å²) in [6.45, 7) is 0. The van der Waals surface area contributed by atoms with Gasteiger partial charge in [-0.15, -0.1) is 16.4 Å². The first-order valence-electron chi connectivity index (χ1n) is 6.11. The number of carbonyl (C=O) groups excluding carboxylic acids is 1. The smallest absolute Gasteiger partial charge is 0.270 e. The summed E-state index contributed by atoms with van der Waals surface area (Å²) in [5.74, 6) is -0.613. The van der Waals surface area contributed by atoms with Crippen molar-refractivity contribution < 1.29 is 9.18 Å². The molecule has 2 N–H and O–H groups in total. The standard InChI is InChI=1S/C14H11FN4OS/c1-19(9-4-2-8(15)3-5-9)14(20)12-11(16)10-6-7-17-18-13(10)21-12/h2-7H,16H2,1H3. The van der Waals surface area contributed by atoms with Crippen LogP contribution in [0, 0.1) is 5.82 Å². The molecule has 0 atom stereocenters. The van der Waals surface area contributed by atoms with Crippen LogP contribution >= 0.6 is 11.3 Å². The van der Waals surface area contributed by atoms with Crippen LogP contribution in [0.2, 0.25) is 0 Å². The van der Waals surface area contributed by atoms with E-state index in [0.29, 0.717) is 26.5 Å². The highest BCUT2D eigenvalue weighted by molar-refractivity contribution is 7.21. The molecule has 1 amide bonds. The molecule has 0 saturated heterocycles. The van der Waals surface area contributed by atoms with Gasteiger partial charge in [-0.05, 0) is 30.3 Å².